The van der Waals surface area contributed by atoms with Gasteiger partial charge in [-0.2, -0.15) is 0 Å². The predicted octanol–water partition coefficient (Wildman–Crippen LogP) is 4.29. The Hall–Kier alpha value is -2.46. The molecule has 1 aliphatic rings. The van der Waals surface area contributed by atoms with Crippen molar-refractivity contribution in [3.63, 3.8) is 0 Å². The number of pyridine rings is 1. The molecule has 1 fully saturated rings. The molecule has 1 aliphatic carbocycles. The minimum Gasteiger partial charge on any atom is -0.301 e. The van der Waals surface area contributed by atoms with Crippen molar-refractivity contribution in [3.05, 3.63) is 48.2 Å². The SMILES string of the molecule is CS(=O)(=O)c1ccc(C(CC2CC(F)C(F)C2)C(=O)Nc2nc3cccnc3s2)cc1. The lowest BCUT2D eigenvalue weighted by molar-refractivity contribution is -0.118. The zero-order chi connectivity index (χ0) is 22.2. The van der Waals surface area contributed by atoms with Gasteiger partial charge in [0, 0.05) is 12.5 Å². The third-order valence-corrected chi connectivity index (χ3v) is 7.53. The molecule has 4 rings (SSSR count). The monoisotopic (exact) mass is 465 g/mol. The lowest BCUT2D eigenvalue weighted by Gasteiger charge is -2.20. The number of hydrogen-bond donors (Lipinski definition) is 1. The average molecular weight is 466 g/mol. The van der Waals surface area contributed by atoms with Crippen molar-refractivity contribution < 1.29 is 22.0 Å². The number of carbonyl (C=O) groups is 1. The van der Waals surface area contributed by atoms with E-state index in [1.807, 2.05) is 0 Å². The Bertz CT molecular complexity index is 1160. The minimum atomic E-state index is -3.38. The maximum Gasteiger partial charge on any atom is 0.233 e. The summed E-state index contributed by atoms with van der Waals surface area (Å²) in [5, 5.41) is 3.18. The van der Waals surface area contributed by atoms with E-state index in [0.29, 0.717) is 21.0 Å². The normalized spacial score (nSPS) is 22.5. The van der Waals surface area contributed by atoms with Crippen molar-refractivity contribution in [3.8, 4) is 0 Å². The molecule has 2 aromatic heterocycles. The summed E-state index contributed by atoms with van der Waals surface area (Å²) < 4.78 is 50.9. The van der Waals surface area contributed by atoms with Gasteiger partial charge in [-0.1, -0.05) is 23.5 Å². The summed E-state index contributed by atoms with van der Waals surface area (Å²) in [6.45, 7) is 0. The van der Waals surface area contributed by atoms with E-state index in [-0.39, 0.29) is 36.0 Å². The van der Waals surface area contributed by atoms with E-state index in [4.69, 9.17) is 0 Å². The number of alkyl halides is 2. The van der Waals surface area contributed by atoms with Crippen LogP contribution < -0.4 is 5.32 Å². The Morgan fingerprint density at radius 1 is 1.19 bits per heavy atom. The summed E-state index contributed by atoms with van der Waals surface area (Å²) >= 11 is 1.23. The van der Waals surface area contributed by atoms with Crippen LogP contribution in [0.5, 0.6) is 0 Å². The number of thiazole rings is 1. The fourth-order valence-corrected chi connectivity index (χ4v) is 5.35. The first-order valence-electron chi connectivity index (χ1n) is 9.81. The smallest absolute Gasteiger partial charge is 0.233 e. The summed E-state index contributed by atoms with van der Waals surface area (Å²) in [4.78, 5) is 22.5. The van der Waals surface area contributed by atoms with Crippen molar-refractivity contribution in [2.75, 3.05) is 11.6 Å². The highest BCUT2D eigenvalue weighted by Gasteiger charge is 2.37. The number of rotatable bonds is 6. The zero-order valence-corrected chi connectivity index (χ0v) is 18.3. The number of amides is 1. The molecule has 1 aromatic carbocycles. The predicted molar refractivity (Wildman–Crippen MR) is 115 cm³/mol. The van der Waals surface area contributed by atoms with Gasteiger partial charge < -0.3 is 5.32 Å². The van der Waals surface area contributed by atoms with E-state index in [9.17, 15) is 22.0 Å². The second kappa shape index (κ2) is 8.58. The number of nitrogens with zero attached hydrogens (tertiary/aromatic N) is 2. The van der Waals surface area contributed by atoms with Crippen LogP contribution in [0.25, 0.3) is 10.3 Å². The average Bonchev–Trinajstić information content (AvgIpc) is 3.27. The van der Waals surface area contributed by atoms with Gasteiger partial charge in [-0.3, -0.25) is 4.79 Å². The highest BCUT2D eigenvalue weighted by Crippen LogP contribution is 2.38. The molecular weight excluding hydrogens is 444 g/mol. The molecule has 31 heavy (non-hydrogen) atoms. The van der Waals surface area contributed by atoms with Crippen LogP contribution >= 0.6 is 11.3 Å². The minimum absolute atomic E-state index is 0.0669. The van der Waals surface area contributed by atoms with Crippen molar-refractivity contribution in [2.24, 2.45) is 5.92 Å². The lowest BCUT2D eigenvalue weighted by Crippen LogP contribution is -2.23. The number of sulfone groups is 1. The fraction of sp³-hybridized carbons (Fsp3) is 0.381. The quantitative estimate of drug-likeness (QED) is 0.587. The van der Waals surface area contributed by atoms with Crippen LogP contribution in [0.3, 0.4) is 0 Å². The molecule has 1 N–H and O–H groups in total. The number of halogens is 2. The number of carbonyl (C=O) groups excluding carboxylic acids is 1. The van der Waals surface area contributed by atoms with Crippen LogP contribution in [-0.2, 0) is 14.6 Å². The fourth-order valence-electron chi connectivity index (χ4n) is 3.91. The van der Waals surface area contributed by atoms with Gasteiger partial charge in [0.1, 0.15) is 22.7 Å². The standard InChI is InChI=1S/C21H21F2N3O3S2/c1-31(28,29)14-6-4-13(5-7-14)15(9-12-10-16(22)17(23)11-12)19(27)26-21-25-18-3-2-8-24-20(18)30-21/h2-8,12,15-17H,9-11H2,1H3,(H,25,26,27). The van der Waals surface area contributed by atoms with Gasteiger partial charge in [-0.05, 0) is 55.0 Å². The Morgan fingerprint density at radius 3 is 2.48 bits per heavy atom. The maximum absolute atomic E-state index is 13.7. The van der Waals surface area contributed by atoms with Crippen molar-refractivity contribution in [1.29, 1.82) is 0 Å². The summed E-state index contributed by atoms with van der Waals surface area (Å²) in [6, 6.07) is 9.58. The van der Waals surface area contributed by atoms with Crippen molar-refractivity contribution >= 4 is 42.6 Å². The number of hydrogen-bond acceptors (Lipinski definition) is 6. The van der Waals surface area contributed by atoms with Crippen molar-refractivity contribution in [2.45, 2.75) is 42.4 Å². The molecule has 1 saturated carbocycles. The number of nitrogens with one attached hydrogen (secondary N) is 1. The first-order chi connectivity index (χ1) is 14.7. The largest absolute Gasteiger partial charge is 0.301 e. The summed E-state index contributed by atoms with van der Waals surface area (Å²) in [6.07, 6.45) is 0.102. The van der Waals surface area contributed by atoms with Crippen LogP contribution in [0.4, 0.5) is 13.9 Å². The molecule has 0 aliphatic heterocycles. The highest BCUT2D eigenvalue weighted by atomic mass is 32.2. The van der Waals surface area contributed by atoms with Gasteiger partial charge in [0.25, 0.3) is 0 Å². The Balaban J connectivity index is 1.60. The molecule has 0 saturated heterocycles. The highest BCUT2D eigenvalue weighted by molar-refractivity contribution is 7.90. The molecule has 1 amide bonds. The molecule has 2 heterocycles. The third-order valence-electron chi connectivity index (χ3n) is 5.50. The molecule has 0 spiro atoms. The number of benzene rings is 1. The van der Waals surface area contributed by atoms with Gasteiger partial charge in [0.2, 0.25) is 5.91 Å². The Kier molecular flexibility index (Phi) is 6.02. The van der Waals surface area contributed by atoms with Gasteiger partial charge >= 0.3 is 0 Å². The van der Waals surface area contributed by atoms with Gasteiger partial charge in [0.15, 0.2) is 15.0 Å². The summed E-state index contributed by atoms with van der Waals surface area (Å²) in [7, 11) is -3.38. The summed E-state index contributed by atoms with van der Waals surface area (Å²) in [5.41, 5.74) is 1.25. The second-order valence-corrected chi connectivity index (χ2v) is 10.8. The van der Waals surface area contributed by atoms with Crippen LogP contribution in [0.1, 0.15) is 30.7 Å². The first-order valence-corrected chi connectivity index (χ1v) is 12.5. The van der Waals surface area contributed by atoms with Gasteiger partial charge in [-0.15, -0.1) is 0 Å². The molecule has 0 bridgehead atoms. The maximum atomic E-state index is 13.7. The summed E-state index contributed by atoms with van der Waals surface area (Å²) in [5.74, 6) is -1.34. The third kappa shape index (κ3) is 4.90. The number of aromatic nitrogens is 2. The van der Waals surface area contributed by atoms with E-state index in [0.717, 1.165) is 6.26 Å². The number of fused-ring (bicyclic) bond motifs is 1. The van der Waals surface area contributed by atoms with Crippen LogP contribution in [0.15, 0.2) is 47.5 Å². The molecule has 6 nitrogen and oxygen atoms in total. The number of anilines is 1. The van der Waals surface area contributed by atoms with E-state index in [1.165, 1.54) is 23.5 Å². The Labute approximate surface area is 182 Å². The molecule has 10 heteroatoms. The van der Waals surface area contributed by atoms with E-state index in [1.54, 1.807) is 30.5 Å². The van der Waals surface area contributed by atoms with Gasteiger partial charge in [0.05, 0.1) is 10.8 Å². The van der Waals surface area contributed by atoms with E-state index >= 15 is 0 Å². The van der Waals surface area contributed by atoms with E-state index in [2.05, 4.69) is 15.3 Å². The molecule has 164 valence electrons. The van der Waals surface area contributed by atoms with Crippen LogP contribution in [-0.4, -0.2) is 42.9 Å². The van der Waals surface area contributed by atoms with Gasteiger partial charge in [-0.25, -0.2) is 27.2 Å². The van der Waals surface area contributed by atoms with Crippen LogP contribution in [0, 0.1) is 5.92 Å². The first kappa shape index (κ1) is 21.8. The molecule has 3 atom stereocenters. The van der Waals surface area contributed by atoms with Crippen molar-refractivity contribution in [1.82, 2.24) is 9.97 Å². The molecule has 0 radical (unpaired) electrons. The molecule has 3 unspecified atom stereocenters. The zero-order valence-electron chi connectivity index (χ0n) is 16.7. The van der Waals surface area contributed by atoms with E-state index < -0.39 is 28.1 Å². The lowest BCUT2D eigenvalue weighted by atomic mass is 9.87. The Morgan fingerprint density at radius 2 is 1.87 bits per heavy atom. The topological polar surface area (TPSA) is 89.0 Å². The van der Waals surface area contributed by atoms with Crippen LogP contribution in [0.2, 0.25) is 0 Å². The molecular formula is C21H21F2N3O3S2. The molecule has 3 aromatic rings. The second-order valence-electron chi connectivity index (χ2n) is 7.83.